The van der Waals surface area contributed by atoms with Crippen molar-refractivity contribution in [2.24, 2.45) is 4.99 Å². The smallest absolute Gasteiger partial charge is 0.161 e. The van der Waals surface area contributed by atoms with Gasteiger partial charge in [-0.25, -0.2) is 4.39 Å². The number of amidine groups is 1. The summed E-state index contributed by atoms with van der Waals surface area (Å²) in [5, 5.41) is 4.01. The van der Waals surface area contributed by atoms with Gasteiger partial charge in [-0.1, -0.05) is 17.8 Å². The van der Waals surface area contributed by atoms with Crippen molar-refractivity contribution in [2.45, 2.75) is 19.4 Å². The summed E-state index contributed by atoms with van der Waals surface area (Å²) in [4.78, 5) is 4.45. The fraction of sp³-hybridized carbons (Fsp3) is 0.364. The molecule has 0 aliphatic carbocycles. The van der Waals surface area contributed by atoms with Gasteiger partial charge in [-0.15, -0.1) is 0 Å². The van der Waals surface area contributed by atoms with E-state index < -0.39 is 0 Å². The molecule has 0 amide bonds. The summed E-state index contributed by atoms with van der Waals surface area (Å²) in [5.74, 6) is 0.844. The largest absolute Gasteiger partial charge is 0.335 e. The van der Waals surface area contributed by atoms with Gasteiger partial charge in [0.15, 0.2) is 5.17 Å². The minimum Gasteiger partial charge on any atom is -0.335 e. The van der Waals surface area contributed by atoms with Gasteiger partial charge in [0.2, 0.25) is 0 Å². The molecule has 0 saturated heterocycles. The summed E-state index contributed by atoms with van der Waals surface area (Å²) in [5.41, 5.74) is 0.760. The van der Waals surface area contributed by atoms with Crippen molar-refractivity contribution in [1.82, 2.24) is 0 Å². The van der Waals surface area contributed by atoms with Crippen LogP contribution < -0.4 is 5.32 Å². The molecule has 1 heterocycles. The Hall–Kier alpha value is -1.03. The summed E-state index contributed by atoms with van der Waals surface area (Å²) in [6.07, 6.45) is 1.11. The predicted octanol–water partition coefficient (Wildman–Crippen LogP) is 3.12. The van der Waals surface area contributed by atoms with Crippen LogP contribution in [0.3, 0.4) is 0 Å². The van der Waals surface area contributed by atoms with Gasteiger partial charge >= 0.3 is 0 Å². The van der Waals surface area contributed by atoms with E-state index in [0.717, 1.165) is 23.0 Å². The highest BCUT2D eigenvalue weighted by molar-refractivity contribution is 8.14. The van der Waals surface area contributed by atoms with Gasteiger partial charge in [-0.2, -0.15) is 0 Å². The van der Waals surface area contributed by atoms with Gasteiger partial charge in [0.25, 0.3) is 0 Å². The third-order valence-corrected chi connectivity index (χ3v) is 3.11. The summed E-state index contributed by atoms with van der Waals surface area (Å²) < 4.78 is 12.9. The van der Waals surface area contributed by atoms with E-state index in [-0.39, 0.29) is 5.82 Å². The number of nitrogens with one attached hydrogen (secondary N) is 1. The molecule has 0 aromatic heterocycles. The van der Waals surface area contributed by atoms with Crippen LogP contribution in [0.1, 0.15) is 13.3 Å². The monoisotopic (exact) mass is 224 g/mol. The van der Waals surface area contributed by atoms with Crippen molar-refractivity contribution >= 4 is 22.6 Å². The van der Waals surface area contributed by atoms with Gasteiger partial charge < -0.3 is 5.32 Å². The Kier molecular flexibility index (Phi) is 3.26. The lowest BCUT2D eigenvalue weighted by molar-refractivity contribution is 0.628. The van der Waals surface area contributed by atoms with Crippen LogP contribution in [-0.4, -0.2) is 17.0 Å². The molecule has 0 radical (unpaired) electrons. The number of rotatable bonds is 1. The van der Waals surface area contributed by atoms with Crippen LogP contribution in [0.4, 0.5) is 10.1 Å². The Bertz CT molecular complexity index is 379. The fourth-order valence-electron chi connectivity index (χ4n) is 1.39. The topological polar surface area (TPSA) is 24.4 Å². The van der Waals surface area contributed by atoms with Gasteiger partial charge in [-0.3, -0.25) is 4.99 Å². The molecule has 2 nitrogen and oxygen atoms in total. The van der Waals surface area contributed by atoms with E-state index in [1.807, 2.05) is 6.07 Å². The highest BCUT2D eigenvalue weighted by Gasteiger charge is 2.11. The molecule has 0 saturated carbocycles. The first-order valence-electron chi connectivity index (χ1n) is 4.97. The number of aliphatic imine (C=N–C) groups is 1. The lowest BCUT2D eigenvalue weighted by atomic mass is 10.3. The summed E-state index contributed by atoms with van der Waals surface area (Å²) >= 11 is 1.68. The van der Waals surface area contributed by atoms with Crippen LogP contribution in [0.2, 0.25) is 0 Å². The van der Waals surface area contributed by atoms with Crippen molar-refractivity contribution < 1.29 is 4.39 Å². The Morgan fingerprint density at radius 3 is 3.13 bits per heavy atom. The number of nitrogens with zero attached hydrogens (tertiary/aromatic N) is 1. The van der Waals surface area contributed by atoms with Crippen LogP contribution in [0, 0.1) is 5.82 Å². The number of hydrogen-bond acceptors (Lipinski definition) is 3. The molecule has 0 spiro atoms. The fourth-order valence-corrected chi connectivity index (χ4v) is 2.48. The minimum atomic E-state index is -0.227. The van der Waals surface area contributed by atoms with Crippen molar-refractivity contribution in [1.29, 1.82) is 0 Å². The van der Waals surface area contributed by atoms with E-state index in [1.165, 1.54) is 12.1 Å². The van der Waals surface area contributed by atoms with Crippen LogP contribution >= 0.6 is 11.8 Å². The first-order chi connectivity index (χ1) is 7.24. The van der Waals surface area contributed by atoms with Crippen molar-refractivity contribution in [3.05, 3.63) is 30.1 Å². The highest BCUT2D eigenvalue weighted by atomic mass is 32.2. The third kappa shape index (κ3) is 2.96. The zero-order chi connectivity index (χ0) is 10.7. The second-order valence-corrected chi connectivity index (χ2v) is 4.64. The Morgan fingerprint density at radius 1 is 1.53 bits per heavy atom. The first kappa shape index (κ1) is 10.5. The summed E-state index contributed by atoms with van der Waals surface area (Å²) in [6, 6.07) is 6.80. The number of thioether (sulfide) groups is 1. The average Bonchev–Trinajstić information content (AvgIpc) is 2.17. The minimum absolute atomic E-state index is 0.227. The van der Waals surface area contributed by atoms with Gasteiger partial charge in [0, 0.05) is 11.4 Å². The van der Waals surface area contributed by atoms with E-state index >= 15 is 0 Å². The summed E-state index contributed by atoms with van der Waals surface area (Å²) in [7, 11) is 0. The molecule has 2 rings (SSSR count). The molecular weight excluding hydrogens is 211 g/mol. The normalized spacial score (nSPS) is 20.9. The van der Waals surface area contributed by atoms with Crippen LogP contribution in [0.5, 0.6) is 0 Å². The van der Waals surface area contributed by atoms with E-state index in [1.54, 1.807) is 17.8 Å². The molecule has 80 valence electrons. The zero-order valence-electron chi connectivity index (χ0n) is 8.53. The number of anilines is 1. The van der Waals surface area contributed by atoms with E-state index in [4.69, 9.17) is 0 Å². The summed E-state index contributed by atoms with van der Waals surface area (Å²) in [6.45, 7) is 2.09. The molecule has 4 heteroatoms. The van der Waals surface area contributed by atoms with Crippen molar-refractivity contribution in [2.75, 3.05) is 11.1 Å². The molecular formula is C11H13FN2S. The van der Waals surface area contributed by atoms with Gasteiger partial charge in [0.05, 0.1) is 6.04 Å². The lowest BCUT2D eigenvalue weighted by Gasteiger charge is -2.17. The first-order valence-corrected chi connectivity index (χ1v) is 5.96. The van der Waals surface area contributed by atoms with Crippen LogP contribution in [-0.2, 0) is 0 Å². The average molecular weight is 224 g/mol. The SMILES string of the molecule is CC1CCSC(Nc2cccc(F)c2)=N1. The Morgan fingerprint density at radius 2 is 2.40 bits per heavy atom. The molecule has 1 aliphatic rings. The Balaban J connectivity index is 2.08. The molecule has 0 fully saturated rings. The molecule has 15 heavy (non-hydrogen) atoms. The molecule has 1 N–H and O–H groups in total. The second-order valence-electron chi connectivity index (χ2n) is 3.56. The molecule has 1 aromatic rings. The maximum Gasteiger partial charge on any atom is 0.161 e. The standard InChI is InChI=1S/C11H13FN2S/c1-8-5-6-15-11(13-8)14-10-4-2-3-9(12)7-10/h2-4,7-8H,5-6H2,1H3,(H,13,14). The maximum absolute atomic E-state index is 12.9. The van der Waals surface area contributed by atoms with Crippen LogP contribution in [0.15, 0.2) is 29.3 Å². The van der Waals surface area contributed by atoms with Gasteiger partial charge in [-0.05, 0) is 31.5 Å². The van der Waals surface area contributed by atoms with E-state index in [0.29, 0.717) is 6.04 Å². The van der Waals surface area contributed by atoms with E-state index in [2.05, 4.69) is 17.2 Å². The molecule has 1 aromatic carbocycles. The quantitative estimate of drug-likeness (QED) is 0.792. The molecule has 1 aliphatic heterocycles. The van der Waals surface area contributed by atoms with Crippen molar-refractivity contribution in [3.8, 4) is 0 Å². The number of hydrogen-bond donors (Lipinski definition) is 1. The Labute approximate surface area is 93.0 Å². The lowest BCUT2D eigenvalue weighted by Crippen LogP contribution is -2.17. The third-order valence-electron chi connectivity index (χ3n) is 2.19. The zero-order valence-corrected chi connectivity index (χ0v) is 9.35. The maximum atomic E-state index is 12.9. The molecule has 0 bridgehead atoms. The highest BCUT2D eigenvalue weighted by Crippen LogP contribution is 2.19. The number of halogens is 1. The molecule has 1 unspecified atom stereocenters. The van der Waals surface area contributed by atoms with E-state index in [9.17, 15) is 4.39 Å². The van der Waals surface area contributed by atoms with Gasteiger partial charge in [0.1, 0.15) is 5.82 Å². The molecule has 1 atom stereocenters. The van der Waals surface area contributed by atoms with Crippen molar-refractivity contribution in [3.63, 3.8) is 0 Å². The predicted molar refractivity (Wildman–Crippen MR) is 64.0 cm³/mol. The number of benzene rings is 1. The second kappa shape index (κ2) is 4.66. The van der Waals surface area contributed by atoms with Crippen LogP contribution in [0.25, 0.3) is 0 Å².